The van der Waals surface area contributed by atoms with Crippen LogP contribution in [-0.4, -0.2) is 24.6 Å². The summed E-state index contributed by atoms with van der Waals surface area (Å²) in [5.74, 6) is 0.553. The first kappa shape index (κ1) is 21.0. The first-order valence-corrected chi connectivity index (χ1v) is 7.62. The molecule has 0 unspecified atom stereocenters. The van der Waals surface area contributed by atoms with Crippen molar-refractivity contribution in [3.63, 3.8) is 0 Å². The number of halogens is 2. The smallest absolute Gasteiger partial charge is 0.258 e. The Kier molecular flexibility index (Phi) is 9.49. The van der Waals surface area contributed by atoms with Crippen LogP contribution >= 0.6 is 24.0 Å². The Morgan fingerprint density at radius 3 is 2.59 bits per heavy atom. The number of ether oxygens (including phenoxy) is 1. The summed E-state index contributed by atoms with van der Waals surface area (Å²) in [5, 5.41) is 6.83. The number of amides is 1. The van der Waals surface area contributed by atoms with Crippen LogP contribution in [0, 0.1) is 0 Å². The van der Waals surface area contributed by atoms with Gasteiger partial charge < -0.3 is 15.4 Å². The zero-order chi connectivity index (χ0) is 15.9. The van der Waals surface area contributed by atoms with Crippen molar-refractivity contribution < 1.29 is 9.53 Å². The second-order valence-electron chi connectivity index (χ2n) is 6.02. The van der Waals surface area contributed by atoms with Crippen LogP contribution in [0.1, 0.15) is 39.7 Å². The molecular weight excluding hydrogens is 323 g/mol. The second kappa shape index (κ2) is 9.93. The van der Waals surface area contributed by atoms with E-state index in [9.17, 15) is 4.79 Å². The summed E-state index contributed by atoms with van der Waals surface area (Å²) in [6, 6.07) is 5.43. The SMILES string of the molecule is CCCNCc1cc(Cl)ccc1OCC(=O)NC(C)(C)C.Cl. The van der Waals surface area contributed by atoms with E-state index in [2.05, 4.69) is 17.6 Å². The van der Waals surface area contributed by atoms with Crippen molar-refractivity contribution in [2.45, 2.75) is 46.2 Å². The highest BCUT2D eigenvalue weighted by atomic mass is 35.5. The monoisotopic (exact) mass is 348 g/mol. The van der Waals surface area contributed by atoms with Gasteiger partial charge in [-0.25, -0.2) is 0 Å². The van der Waals surface area contributed by atoms with Gasteiger partial charge in [0.05, 0.1) is 0 Å². The van der Waals surface area contributed by atoms with Gasteiger partial charge in [0.15, 0.2) is 6.61 Å². The molecule has 1 amide bonds. The maximum Gasteiger partial charge on any atom is 0.258 e. The molecule has 0 bridgehead atoms. The lowest BCUT2D eigenvalue weighted by Crippen LogP contribution is -2.43. The van der Waals surface area contributed by atoms with E-state index in [4.69, 9.17) is 16.3 Å². The van der Waals surface area contributed by atoms with Crippen LogP contribution in [0.4, 0.5) is 0 Å². The van der Waals surface area contributed by atoms with Gasteiger partial charge in [0, 0.05) is 22.7 Å². The van der Waals surface area contributed by atoms with Crippen LogP contribution in [0.5, 0.6) is 5.75 Å². The van der Waals surface area contributed by atoms with Gasteiger partial charge in [-0.2, -0.15) is 0 Å². The van der Waals surface area contributed by atoms with E-state index in [0.717, 1.165) is 18.5 Å². The summed E-state index contributed by atoms with van der Waals surface area (Å²) in [5.41, 5.74) is 0.700. The lowest BCUT2D eigenvalue weighted by Gasteiger charge is -2.21. The maximum atomic E-state index is 11.8. The minimum absolute atomic E-state index is 0. The van der Waals surface area contributed by atoms with Crippen molar-refractivity contribution in [2.24, 2.45) is 0 Å². The summed E-state index contributed by atoms with van der Waals surface area (Å²) in [4.78, 5) is 11.8. The fraction of sp³-hybridized carbons (Fsp3) is 0.562. The first-order valence-electron chi connectivity index (χ1n) is 7.25. The number of carbonyl (C=O) groups is 1. The molecule has 2 N–H and O–H groups in total. The summed E-state index contributed by atoms with van der Waals surface area (Å²) < 4.78 is 5.62. The molecule has 0 aliphatic heterocycles. The molecule has 0 saturated heterocycles. The van der Waals surface area contributed by atoms with Crippen molar-refractivity contribution in [2.75, 3.05) is 13.2 Å². The van der Waals surface area contributed by atoms with E-state index in [1.807, 2.05) is 26.8 Å². The lowest BCUT2D eigenvalue weighted by atomic mass is 10.1. The van der Waals surface area contributed by atoms with E-state index in [1.165, 1.54) is 0 Å². The number of hydrogen-bond acceptors (Lipinski definition) is 3. The minimum Gasteiger partial charge on any atom is -0.483 e. The molecule has 0 aromatic heterocycles. The van der Waals surface area contributed by atoms with Gasteiger partial charge >= 0.3 is 0 Å². The number of carbonyl (C=O) groups excluding carboxylic acids is 1. The molecular formula is C16H26Cl2N2O2. The highest BCUT2D eigenvalue weighted by Crippen LogP contribution is 2.22. The fourth-order valence-electron chi connectivity index (χ4n) is 1.82. The average molecular weight is 349 g/mol. The summed E-state index contributed by atoms with van der Waals surface area (Å²) in [7, 11) is 0. The molecule has 1 rings (SSSR count). The highest BCUT2D eigenvalue weighted by molar-refractivity contribution is 6.30. The predicted molar refractivity (Wildman–Crippen MR) is 94.1 cm³/mol. The Bertz CT molecular complexity index is 474. The molecule has 0 heterocycles. The van der Waals surface area contributed by atoms with Gasteiger partial charge in [-0.05, 0) is 51.9 Å². The minimum atomic E-state index is -0.258. The van der Waals surface area contributed by atoms with Crippen LogP contribution in [0.3, 0.4) is 0 Å². The molecule has 0 aliphatic rings. The van der Waals surface area contributed by atoms with Crippen molar-refractivity contribution in [3.8, 4) is 5.75 Å². The number of rotatable bonds is 7. The summed E-state index contributed by atoms with van der Waals surface area (Å²) in [6.45, 7) is 9.52. The Labute approximate surface area is 144 Å². The Hall–Kier alpha value is -0.970. The molecule has 0 radical (unpaired) electrons. The van der Waals surface area contributed by atoms with E-state index < -0.39 is 0 Å². The summed E-state index contributed by atoms with van der Waals surface area (Å²) in [6.07, 6.45) is 1.06. The van der Waals surface area contributed by atoms with Crippen molar-refractivity contribution in [3.05, 3.63) is 28.8 Å². The number of hydrogen-bond donors (Lipinski definition) is 2. The van der Waals surface area contributed by atoms with Gasteiger partial charge in [0.1, 0.15) is 5.75 Å². The molecule has 1 aromatic rings. The molecule has 6 heteroatoms. The van der Waals surface area contributed by atoms with Crippen LogP contribution in [0.15, 0.2) is 18.2 Å². The third kappa shape index (κ3) is 8.47. The fourth-order valence-corrected chi connectivity index (χ4v) is 2.02. The van der Waals surface area contributed by atoms with Crippen LogP contribution in [-0.2, 0) is 11.3 Å². The largest absolute Gasteiger partial charge is 0.483 e. The van der Waals surface area contributed by atoms with E-state index in [0.29, 0.717) is 17.3 Å². The Morgan fingerprint density at radius 2 is 2.00 bits per heavy atom. The van der Waals surface area contributed by atoms with E-state index >= 15 is 0 Å². The van der Waals surface area contributed by atoms with E-state index in [1.54, 1.807) is 12.1 Å². The topological polar surface area (TPSA) is 50.4 Å². The van der Waals surface area contributed by atoms with Crippen LogP contribution < -0.4 is 15.4 Å². The van der Waals surface area contributed by atoms with E-state index in [-0.39, 0.29) is 30.5 Å². The van der Waals surface area contributed by atoms with Gasteiger partial charge in [-0.15, -0.1) is 12.4 Å². The van der Waals surface area contributed by atoms with Crippen molar-refractivity contribution >= 4 is 29.9 Å². The number of nitrogens with one attached hydrogen (secondary N) is 2. The average Bonchev–Trinajstić information content (AvgIpc) is 2.36. The van der Waals surface area contributed by atoms with Gasteiger partial charge in [-0.3, -0.25) is 4.79 Å². The Balaban J connectivity index is 0.00000441. The molecule has 0 saturated carbocycles. The molecule has 0 fully saturated rings. The highest BCUT2D eigenvalue weighted by Gasteiger charge is 2.14. The molecule has 0 spiro atoms. The van der Waals surface area contributed by atoms with Crippen molar-refractivity contribution in [1.82, 2.24) is 10.6 Å². The van der Waals surface area contributed by atoms with Crippen LogP contribution in [0.25, 0.3) is 0 Å². The third-order valence-corrected chi connectivity index (χ3v) is 2.87. The van der Waals surface area contributed by atoms with Gasteiger partial charge in [0.25, 0.3) is 5.91 Å². The van der Waals surface area contributed by atoms with Gasteiger partial charge in [0.2, 0.25) is 0 Å². The Morgan fingerprint density at radius 1 is 1.32 bits per heavy atom. The zero-order valence-corrected chi connectivity index (χ0v) is 15.2. The first-order chi connectivity index (χ1) is 9.81. The molecule has 1 aromatic carbocycles. The quantitative estimate of drug-likeness (QED) is 0.740. The molecule has 126 valence electrons. The predicted octanol–water partition coefficient (Wildman–Crippen LogP) is 3.55. The lowest BCUT2D eigenvalue weighted by molar-refractivity contribution is -0.124. The third-order valence-electron chi connectivity index (χ3n) is 2.64. The standard InChI is InChI=1S/C16H25ClN2O2.ClH/c1-5-8-18-10-12-9-13(17)6-7-14(12)21-11-15(20)19-16(2,3)4;/h6-7,9,18H,5,8,10-11H2,1-4H3,(H,19,20);1H. The molecule has 0 atom stereocenters. The van der Waals surface area contributed by atoms with Gasteiger partial charge in [-0.1, -0.05) is 18.5 Å². The zero-order valence-electron chi connectivity index (χ0n) is 13.7. The van der Waals surface area contributed by atoms with Crippen molar-refractivity contribution in [1.29, 1.82) is 0 Å². The summed E-state index contributed by atoms with van der Waals surface area (Å²) >= 11 is 6.02. The molecule has 0 aliphatic carbocycles. The maximum absolute atomic E-state index is 11.8. The van der Waals surface area contributed by atoms with Crippen LogP contribution in [0.2, 0.25) is 5.02 Å². The molecule has 4 nitrogen and oxygen atoms in total. The second-order valence-corrected chi connectivity index (χ2v) is 6.45. The normalized spacial score (nSPS) is 10.8. The number of benzene rings is 1. The molecule has 22 heavy (non-hydrogen) atoms.